The minimum absolute atomic E-state index is 0.865. The zero-order valence-electron chi connectivity index (χ0n) is 14.8. The van der Waals surface area contributed by atoms with Gasteiger partial charge in [-0.25, -0.2) is 0 Å². The first-order chi connectivity index (χ1) is 12.6. The first-order valence-corrected chi connectivity index (χ1v) is 10.7. The Kier molecular flexibility index (Phi) is 6.38. The molecule has 0 saturated heterocycles. The number of nitrogens with zero attached hydrogens (tertiary/aromatic N) is 2. The lowest BCUT2D eigenvalue weighted by Gasteiger charge is -2.02. The highest BCUT2D eigenvalue weighted by molar-refractivity contribution is 9.08. The third-order valence-electron chi connectivity index (χ3n) is 4.25. The van der Waals surface area contributed by atoms with Crippen molar-refractivity contribution in [2.45, 2.75) is 24.5 Å². The van der Waals surface area contributed by atoms with Crippen LogP contribution in [-0.4, -0.2) is 9.97 Å². The van der Waals surface area contributed by atoms with Gasteiger partial charge in [-0.3, -0.25) is 9.97 Å². The van der Waals surface area contributed by atoms with Crippen molar-refractivity contribution < 1.29 is 0 Å². The molecular formula is C22H20Br2N2. The van der Waals surface area contributed by atoms with Gasteiger partial charge >= 0.3 is 0 Å². The highest BCUT2D eigenvalue weighted by Gasteiger charge is 2.00. The van der Waals surface area contributed by atoms with Gasteiger partial charge in [0.25, 0.3) is 0 Å². The highest BCUT2D eigenvalue weighted by Crippen LogP contribution is 2.20. The third-order valence-corrected chi connectivity index (χ3v) is 5.50. The molecule has 0 aliphatic rings. The Morgan fingerprint density at radius 2 is 1.46 bits per heavy atom. The maximum Gasteiger partial charge on any atom is 0.0705 e. The third kappa shape index (κ3) is 4.30. The summed E-state index contributed by atoms with van der Waals surface area (Å²) < 4.78 is 0. The van der Waals surface area contributed by atoms with Crippen molar-refractivity contribution in [3.63, 3.8) is 0 Å². The molecule has 2 heterocycles. The standard InChI is InChI=1S/2C11H10BrN/c1-8-5-10-9(6-12)3-2-4-11(10)13-7-8;1-8-3-2-4-11-10(8)5-9(6-12)7-13-11/h2*2-5,7H,6H2,1H3. The van der Waals surface area contributed by atoms with Gasteiger partial charge < -0.3 is 0 Å². The van der Waals surface area contributed by atoms with Gasteiger partial charge in [-0.1, -0.05) is 56.1 Å². The summed E-state index contributed by atoms with van der Waals surface area (Å²) in [7, 11) is 0. The van der Waals surface area contributed by atoms with E-state index in [2.05, 4.69) is 79.9 Å². The van der Waals surface area contributed by atoms with Gasteiger partial charge in [0.05, 0.1) is 11.0 Å². The minimum Gasteiger partial charge on any atom is -0.256 e. The fourth-order valence-corrected chi connectivity index (χ4v) is 3.64. The summed E-state index contributed by atoms with van der Waals surface area (Å²) in [5, 5.41) is 4.25. The van der Waals surface area contributed by atoms with E-state index in [-0.39, 0.29) is 0 Å². The van der Waals surface area contributed by atoms with E-state index in [1.54, 1.807) is 0 Å². The monoisotopic (exact) mass is 470 g/mol. The summed E-state index contributed by atoms with van der Waals surface area (Å²) >= 11 is 6.90. The Labute approximate surface area is 170 Å². The van der Waals surface area contributed by atoms with Crippen LogP contribution in [0.1, 0.15) is 22.3 Å². The molecule has 0 aliphatic heterocycles. The maximum absolute atomic E-state index is 4.38. The number of pyridine rings is 2. The predicted octanol–water partition coefficient (Wildman–Crippen LogP) is 6.88. The molecule has 0 N–H and O–H groups in total. The van der Waals surface area contributed by atoms with E-state index >= 15 is 0 Å². The van der Waals surface area contributed by atoms with E-state index in [9.17, 15) is 0 Å². The molecule has 26 heavy (non-hydrogen) atoms. The fraction of sp³-hybridized carbons (Fsp3) is 0.182. The van der Waals surface area contributed by atoms with Crippen LogP contribution in [0.25, 0.3) is 21.8 Å². The van der Waals surface area contributed by atoms with Crippen LogP contribution in [0.2, 0.25) is 0 Å². The Morgan fingerprint density at radius 1 is 0.769 bits per heavy atom. The number of benzene rings is 2. The number of fused-ring (bicyclic) bond motifs is 2. The quantitative estimate of drug-likeness (QED) is 0.298. The molecule has 2 aromatic carbocycles. The van der Waals surface area contributed by atoms with Crippen LogP contribution in [-0.2, 0) is 10.7 Å². The van der Waals surface area contributed by atoms with Crippen molar-refractivity contribution in [3.05, 3.63) is 83.2 Å². The van der Waals surface area contributed by atoms with Gasteiger partial charge in [-0.2, -0.15) is 0 Å². The summed E-state index contributed by atoms with van der Waals surface area (Å²) in [5.41, 5.74) is 7.16. The second-order valence-corrected chi connectivity index (χ2v) is 7.37. The fourth-order valence-electron chi connectivity index (χ4n) is 2.85. The lowest BCUT2D eigenvalue weighted by Crippen LogP contribution is -1.85. The van der Waals surface area contributed by atoms with Crippen LogP contribution in [0.4, 0.5) is 0 Å². The molecule has 0 spiro atoms. The van der Waals surface area contributed by atoms with Crippen molar-refractivity contribution in [1.29, 1.82) is 0 Å². The lowest BCUT2D eigenvalue weighted by molar-refractivity contribution is 1.31. The van der Waals surface area contributed by atoms with Gasteiger partial charge in [0.15, 0.2) is 0 Å². The summed E-state index contributed by atoms with van der Waals surface area (Å²) in [6.07, 6.45) is 3.82. The first kappa shape index (κ1) is 19.0. The van der Waals surface area contributed by atoms with E-state index in [4.69, 9.17) is 0 Å². The summed E-state index contributed by atoms with van der Waals surface area (Å²) in [5.74, 6) is 0. The molecule has 0 unspecified atom stereocenters. The molecule has 2 aromatic heterocycles. The van der Waals surface area contributed by atoms with E-state index in [1.807, 2.05) is 36.7 Å². The number of alkyl halides is 2. The molecule has 132 valence electrons. The van der Waals surface area contributed by atoms with Crippen molar-refractivity contribution in [1.82, 2.24) is 9.97 Å². The van der Waals surface area contributed by atoms with Crippen LogP contribution >= 0.6 is 31.9 Å². The van der Waals surface area contributed by atoms with E-state index in [0.717, 1.165) is 21.7 Å². The highest BCUT2D eigenvalue weighted by atomic mass is 79.9. The molecule has 0 aliphatic carbocycles. The zero-order valence-corrected chi connectivity index (χ0v) is 18.0. The van der Waals surface area contributed by atoms with E-state index in [0.29, 0.717) is 0 Å². The van der Waals surface area contributed by atoms with Crippen LogP contribution < -0.4 is 0 Å². The van der Waals surface area contributed by atoms with Crippen LogP contribution in [0.5, 0.6) is 0 Å². The van der Waals surface area contributed by atoms with Gasteiger partial charge in [0.1, 0.15) is 0 Å². The van der Waals surface area contributed by atoms with Gasteiger partial charge in [0, 0.05) is 33.8 Å². The molecule has 0 fully saturated rings. The number of aryl methyl sites for hydroxylation is 2. The van der Waals surface area contributed by atoms with Crippen molar-refractivity contribution in [3.8, 4) is 0 Å². The van der Waals surface area contributed by atoms with Crippen molar-refractivity contribution >= 4 is 53.7 Å². The van der Waals surface area contributed by atoms with E-state index in [1.165, 1.54) is 33.0 Å². The number of halogens is 2. The van der Waals surface area contributed by atoms with Crippen LogP contribution in [0, 0.1) is 13.8 Å². The lowest BCUT2D eigenvalue weighted by atomic mass is 10.1. The Bertz CT molecular complexity index is 1040. The largest absolute Gasteiger partial charge is 0.256 e. The second kappa shape index (κ2) is 8.74. The number of rotatable bonds is 2. The zero-order chi connectivity index (χ0) is 18.5. The predicted molar refractivity (Wildman–Crippen MR) is 118 cm³/mol. The van der Waals surface area contributed by atoms with Gasteiger partial charge in [-0.15, -0.1) is 0 Å². The molecule has 4 rings (SSSR count). The Hall–Kier alpha value is -1.78. The average Bonchev–Trinajstić information content (AvgIpc) is 2.68. The SMILES string of the molecule is Cc1cccc2ncc(CBr)cc12.Cc1cnc2cccc(CBr)c2c1. The molecule has 2 nitrogen and oxygen atoms in total. The molecule has 0 atom stereocenters. The Morgan fingerprint density at radius 3 is 2.19 bits per heavy atom. The molecule has 4 aromatic rings. The maximum atomic E-state index is 4.38. The van der Waals surface area contributed by atoms with Crippen LogP contribution in [0.3, 0.4) is 0 Å². The minimum atomic E-state index is 0.865. The number of hydrogen-bond acceptors (Lipinski definition) is 2. The summed E-state index contributed by atoms with van der Waals surface area (Å²) in [4.78, 5) is 8.75. The molecule has 0 bridgehead atoms. The van der Waals surface area contributed by atoms with E-state index < -0.39 is 0 Å². The Balaban J connectivity index is 0.000000151. The molecular weight excluding hydrogens is 452 g/mol. The molecule has 0 amide bonds. The topological polar surface area (TPSA) is 25.8 Å². The van der Waals surface area contributed by atoms with Crippen LogP contribution in [0.15, 0.2) is 60.9 Å². The van der Waals surface area contributed by atoms with Gasteiger partial charge in [0.2, 0.25) is 0 Å². The van der Waals surface area contributed by atoms with Gasteiger partial charge in [-0.05, 0) is 60.4 Å². The molecule has 0 saturated carbocycles. The summed E-state index contributed by atoms with van der Waals surface area (Å²) in [6, 6.07) is 16.8. The average molecular weight is 472 g/mol. The first-order valence-electron chi connectivity index (χ1n) is 8.43. The smallest absolute Gasteiger partial charge is 0.0705 e. The van der Waals surface area contributed by atoms with Crippen molar-refractivity contribution in [2.24, 2.45) is 0 Å². The molecule has 0 radical (unpaired) electrons. The summed E-state index contributed by atoms with van der Waals surface area (Å²) in [6.45, 7) is 4.18. The second-order valence-electron chi connectivity index (χ2n) is 6.25. The number of aromatic nitrogens is 2. The normalized spacial score (nSPS) is 10.6. The van der Waals surface area contributed by atoms with Crippen molar-refractivity contribution in [2.75, 3.05) is 0 Å². The molecule has 4 heteroatoms. The number of hydrogen-bond donors (Lipinski definition) is 0.